The van der Waals surface area contributed by atoms with E-state index in [4.69, 9.17) is 10.5 Å². The number of rotatable bonds is 1. The Morgan fingerprint density at radius 3 is 2.33 bits per heavy atom. The zero-order valence-electron chi connectivity index (χ0n) is 11.1. The van der Waals surface area contributed by atoms with Crippen molar-refractivity contribution in [1.82, 2.24) is 0 Å². The van der Waals surface area contributed by atoms with Gasteiger partial charge in [0.05, 0.1) is 5.56 Å². The highest BCUT2D eigenvalue weighted by Crippen LogP contribution is 2.40. The van der Waals surface area contributed by atoms with Crippen molar-refractivity contribution in [2.24, 2.45) is 5.73 Å². The number of nitrogens with two attached hydrogens (primary N) is 1. The first-order valence-electron chi connectivity index (χ1n) is 6.63. The Labute approximate surface area is 120 Å². The molecule has 0 spiro atoms. The Bertz CT molecular complexity index is 637. The summed E-state index contributed by atoms with van der Waals surface area (Å²) >= 11 is 0. The molecule has 0 amide bonds. The van der Waals surface area contributed by atoms with Gasteiger partial charge in [0.1, 0.15) is 11.9 Å². The van der Waals surface area contributed by atoms with Gasteiger partial charge < -0.3 is 10.5 Å². The molecule has 2 aromatic carbocycles. The molecule has 3 rings (SSSR count). The summed E-state index contributed by atoms with van der Waals surface area (Å²) in [6.07, 6.45) is -4.10. The number of hydrogen-bond donors (Lipinski definition) is 1. The number of fused-ring (bicyclic) bond motifs is 1. The molecule has 0 saturated carbocycles. The Kier molecular flexibility index (Phi) is 3.37. The van der Waals surface area contributed by atoms with Crippen LogP contribution in [-0.2, 0) is 6.18 Å². The highest BCUT2D eigenvalue weighted by Gasteiger charge is 2.31. The predicted molar refractivity (Wildman–Crippen MR) is 72.8 cm³/mol. The van der Waals surface area contributed by atoms with E-state index in [1.807, 2.05) is 24.3 Å². The fourth-order valence-electron chi connectivity index (χ4n) is 2.54. The van der Waals surface area contributed by atoms with E-state index < -0.39 is 11.7 Å². The minimum Gasteiger partial charge on any atom is -0.485 e. The van der Waals surface area contributed by atoms with Crippen molar-refractivity contribution in [2.75, 3.05) is 0 Å². The van der Waals surface area contributed by atoms with Crippen molar-refractivity contribution in [2.45, 2.75) is 24.7 Å². The number of halogens is 3. The standard InChI is InChI=1S/C16H14F3NO/c17-16(18,19)11-7-5-10(6-8-11)15-9-13(20)12-3-1-2-4-14(12)21-15/h1-8,13,15H,9,20H2. The molecule has 5 heteroatoms. The summed E-state index contributed by atoms with van der Waals surface area (Å²) in [5, 5.41) is 0. The number of alkyl halides is 3. The summed E-state index contributed by atoms with van der Waals surface area (Å²) in [5.74, 6) is 0.696. The number of para-hydroxylation sites is 1. The lowest BCUT2D eigenvalue weighted by atomic mass is 9.93. The number of benzene rings is 2. The Hall–Kier alpha value is -2.01. The smallest absolute Gasteiger partial charge is 0.416 e. The van der Waals surface area contributed by atoms with Crippen LogP contribution in [0.4, 0.5) is 13.2 Å². The average Bonchev–Trinajstić information content (AvgIpc) is 2.46. The maximum atomic E-state index is 12.6. The van der Waals surface area contributed by atoms with Crippen LogP contribution in [0.15, 0.2) is 48.5 Å². The fraction of sp³-hybridized carbons (Fsp3) is 0.250. The molecule has 1 heterocycles. The molecule has 1 aliphatic rings. The van der Waals surface area contributed by atoms with Gasteiger partial charge >= 0.3 is 6.18 Å². The topological polar surface area (TPSA) is 35.2 Å². The zero-order valence-corrected chi connectivity index (χ0v) is 11.1. The van der Waals surface area contributed by atoms with Gasteiger partial charge in [0.2, 0.25) is 0 Å². The normalized spacial score (nSPS) is 21.5. The van der Waals surface area contributed by atoms with Crippen LogP contribution in [0.3, 0.4) is 0 Å². The van der Waals surface area contributed by atoms with Gasteiger partial charge in [0.25, 0.3) is 0 Å². The van der Waals surface area contributed by atoms with E-state index in [2.05, 4.69) is 0 Å². The summed E-state index contributed by atoms with van der Waals surface area (Å²) in [4.78, 5) is 0. The fourth-order valence-corrected chi connectivity index (χ4v) is 2.54. The average molecular weight is 293 g/mol. The molecule has 0 aliphatic carbocycles. The van der Waals surface area contributed by atoms with Crippen LogP contribution in [-0.4, -0.2) is 0 Å². The SMILES string of the molecule is NC1CC(c2ccc(C(F)(F)F)cc2)Oc2ccccc21. The third-order valence-electron chi connectivity index (χ3n) is 3.67. The molecule has 0 bridgehead atoms. The molecule has 0 radical (unpaired) electrons. The highest BCUT2D eigenvalue weighted by atomic mass is 19.4. The lowest BCUT2D eigenvalue weighted by Crippen LogP contribution is -2.24. The molecule has 110 valence electrons. The molecule has 2 aromatic rings. The Balaban J connectivity index is 1.86. The molecule has 21 heavy (non-hydrogen) atoms. The predicted octanol–water partition coefficient (Wildman–Crippen LogP) is 4.23. The van der Waals surface area contributed by atoms with Gasteiger partial charge in [-0.1, -0.05) is 30.3 Å². The molecule has 0 saturated heterocycles. The van der Waals surface area contributed by atoms with Crippen molar-refractivity contribution >= 4 is 0 Å². The third kappa shape index (κ3) is 2.74. The van der Waals surface area contributed by atoms with Crippen molar-refractivity contribution in [3.05, 3.63) is 65.2 Å². The van der Waals surface area contributed by atoms with Crippen LogP contribution in [0.5, 0.6) is 5.75 Å². The van der Waals surface area contributed by atoms with Gasteiger partial charge in [0, 0.05) is 18.0 Å². The molecule has 1 aliphatic heterocycles. The van der Waals surface area contributed by atoms with E-state index in [1.165, 1.54) is 12.1 Å². The van der Waals surface area contributed by atoms with Crippen molar-refractivity contribution < 1.29 is 17.9 Å². The molecule has 0 aromatic heterocycles. The molecule has 2 unspecified atom stereocenters. The summed E-state index contributed by atoms with van der Waals surface area (Å²) in [6, 6.07) is 12.3. The Morgan fingerprint density at radius 2 is 1.67 bits per heavy atom. The van der Waals surface area contributed by atoms with Gasteiger partial charge in [-0.3, -0.25) is 0 Å². The van der Waals surface area contributed by atoms with Gasteiger partial charge in [-0.15, -0.1) is 0 Å². The minimum absolute atomic E-state index is 0.178. The van der Waals surface area contributed by atoms with Gasteiger partial charge in [-0.2, -0.15) is 13.2 Å². The third-order valence-corrected chi connectivity index (χ3v) is 3.67. The molecular formula is C16H14F3NO. The highest BCUT2D eigenvalue weighted by molar-refractivity contribution is 5.39. The number of ether oxygens (including phenoxy) is 1. The first-order chi connectivity index (χ1) is 9.95. The van der Waals surface area contributed by atoms with E-state index in [0.717, 1.165) is 17.7 Å². The van der Waals surface area contributed by atoms with Crippen molar-refractivity contribution in [3.8, 4) is 5.75 Å². The van der Waals surface area contributed by atoms with Crippen LogP contribution in [0.2, 0.25) is 0 Å². The summed E-state index contributed by atoms with van der Waals surface area (Å²) in [6.45, 7) is 0. The second-order valence-corrected chi connectivity index (χ2v) is 5.11. The van der Waals surface area contributed by atoms with Crippen molar-refractivity contribution in [1.29, 1.82) is 0 Å². The van der Waals surface area contributed by atoms with Crippen molar-refractivity contribution in [3.63, 3.8) is 0 Å². The number of hydrogen-bond acceptors (Lipinski definition) is 2. The van der Waals surface area contributed by atoms with Gasteiger partial charge in [0.15, 0.2) is 0 Å². The van der Waals surface area contributed by atoms with E-state index in [9.17, 15) is 13.2 Å². The van der Waals surface area contributed by atoms with Crippen LogP contribution >= 0.6 is 0 Å². The van der Waals surface area contributed by atoms with E-state index >= 15 is 0 Å². The summed E-state index contributed by atoms with van der Waals surface area (Å²) in [5.41, 5.74) is 7.09. The monoisotopic (exact) mass is 293 g/mol. The lowest BCUT2D eigenvalue weighted by molar-refractivity contribution is -0.137. The second-order valence-electron chi connectivity index (χ2n) is 5.11. The maximum Gasteiger partial charge on any atom is 0.416 e. The van der Waals surface area contributed by atoms with E-state index in [1.54, 1.807) is 0 Å². The molecule has 2 atom stereocenters. The molecule has 0 fully saturated rings. The van der Waals surface area contributed by atoms with E-state index in [0.29, 0.717) is 17.7 Å². The van der Waals surface area contributed by atoms with Crippen LogP contribution < -0.4 is 10.5 Å². The zero-order chi connectivity index (χ0) is 15.0. The van der Waals surface area contributed by atoms with Gasteiger partial charge in [-0.05, 0) is 23.8 Å². The Morgan fingerprint density at radius 1 is 1.00 bits per heavy atom. The maximum absolute atomic E-state index is 12.6. The largest absolute Gasteiger partial charge is 0.485 e. The second kappa shape index (κ2) is 5.07. The summed E-state index contributed by atoms with van der Waals surface area (Å²) in [7, 11) is 0. The quantitative estimate of drug-likeness (QED) is 0.854. The van der Waals surface area contributed by atoms with Crippen LogP contribution in [0, 0.1) is 0 Å². The van der Waals surface area contributed by atoms with Crippen LogP contribution in [0.1, 0.15) is 35.3 Å². The molecule has 2 nitrogen and oxygen atoms in total. The first-order valence-corrected chi connectivity index (χ1v) is 6.63. The first kappa shape index (κ1) is 13.9. The molecular weight excluding hydrogens is 279 g/mol. The summed E-state index contributed by atoms with van der Waals surface area (Å²) < 4.78 is 43.6. The van der Waals surface area contributed by atoms with E-state index in [-0.39, 0.29) is 12.1 Å². The minimum atomic E-state index is -4.32. The van der Waals surface area contributed by atoms with Crippen LogP contribution in [0.25, 0.3) is 0 Å². The molecule has 2 N–H and O–H groups in total. The van der Waals surface area contributed by atoms with Gasteiger partial charge in [-0.25, -0.2) is 0 Å². The lowest BCUT2D eigenvalue weighted by Gasteiger charge is -2.30.